The molecule has 7 heavy (non-hydrogen) atoms. The van der Waals surface area contributed by atoms with Gasteiger partial charge in [-0.3, -0.25) is 0 Å². The summed E-state index contributed by atoms with van der Waals surface area (Å²) in [7, 11) is 0. The lowest BCUT2D eigenvalue weighted by atomic mass is 11.4. The van der Waals surface area contributed by atoms with Crippen molar-refractivity contribution in [2.45, 2.75) is 0 Å². The zero-order chi connectivity index (χ0) is 5.54. The highest BCUT2D eigenvalue weighted by molar-refractivity contribution is 5.55. The molecule has 0 rings (SSSR count). The predicted octanol–water partition coefficient (Wildman–Crippen LogP) is -0.481. The average Bonchev–Trinajstić information content (AvgIpc) is 1.69. The van der Waals surface area contributed by atoms with Crippen LogP contribution in [0, 0.1) is 0 Å². The van der Waals surface area contributed by atoms with Crippen molar-refractivity contribution in [3.63, 3.8) is 0 Å². The summed E-state index contributed by atoms with van der Waals surface area (Å²) in [6, 6.07) is 0. The maximum absolute atomic E-state index is 7.59. The highest BCUT2D eigenvalue weighted by Gasteiger charge is 1.73. The second-order valence-electron chi connectivity index (χ2n) is 0.578. The van der Waals surface area contributed by atoms with E-state index < -0.39 is 0 Å². The van der Waals surface area contributed by atoms with Gasteiger partial charge in [-0.2, -0.15) is 0 Å². The summed E-state index contributed by atoms with van der Waals surface area (Å²) in [5.74, 6) is 0. The molecule has 0 saturated carbocycles. The highest BCUT2D eigenvalue weighted by atomic mass is 16.5. The first-order valence-corrected chi connectivity index (χ1v) is 1.39. The minimum Gasteiger partial charge on any atom is -0.358 e. The van der Waals surface area contributed by atoms with E-state index in [9.17, 15) is 0 Å². The van der Waals surface area contributed by atoms with Gasteiger partial charge in [0.15, 0.2) is 0 Å². The zero-order valence-electron chi connectivity index (χ0n) is 3.35. The predicted molar refractivity (Wildman–Crippen MR) is 20.5 cm³/mol. The molecule has 0 bridgehead atoms. The lowest BCUT2D eigenvalue weighted by molar-refractivity contribution is -0.0388. The fourth-order valence-corrected chi connectivity index (χ4v) is 0.0816. The van der Waals surface area contributed by atoms with Crippen molar-refractivity contribution < 1.29 is 14.3 Å². The number of hydrogen-bond donors (Lipinski definition) is 0. The Labute approximate surface area is 39.4 Å². The van der Waals surface area contributed by atoms with Crippen molar-refractivity contribution in [3.05, 3.63) is 11.1 Å². The summed E-state index contributed by atoms with van der Waals surface area (Å²) < 4.78 is 4.05. The van der Waals surface area contributed by atoms with E-state index in [0.717, 1.165) is 0 Å². The molecule has 0 saturated heterocycles. The number of nitrogens with zero attached hydrogens (tertiary/aromatic N) is 4. The average molecular weight is 98.1 g/mol. The third-order valence-electron chi connectivity index (χ3n) is 0.216. The summed E-state index contributed by atoms with van der Waals surface area (Å²) in [5.41, 5.74) is 15.2. The van der Waals surface area contributed by atoms with Crippen LogP contribution in [0.5, 0.6) is 0 Å². The van der Waals surface area contributed by atoms with Crippen LogP contribution < -0.4 is 0 Å². The van der Waals surface area contributed by atoms with Gasteiger partial charge in [-0.25, -0.2) is 0 Å². The van der Waals surface area contributed by atoms with Crippen LogP contribution >= 0.6 is 0 Å². The first kappa shape index (κ1) is 5.56. The van der Waals surface area contributed by atoms with Gasteiger partial charge < -0.3 is 15.8 Å². The number of hydrogen-bond acceptors (Lipinski definition) is 1. The van der Waals surface area contributed by atoms with Crippen LogP contribution in [-0.4, -0.2) is 22.4 Å². The molecule has 0 heterocycles. The summed E-state index contributed by atoms with van der Waals surface area (Å²) in [4.78, 5) is 4.85. The Balaban J connectivity index is 3.33. The maximum Gasteiger partial charge on any atom is 0.448 e. The summed E-state index contributed by atoms with van der Waals surface area (Å²) in [6.07, 6.45) is 1.42. The number of ether oxygens (including phenoxy) is 1. The van der Waals surface area contributed by atoms with E-state index in [-0.39, 0.29) is 0 Å². The molecule has 0 radical (unpaired) electrons. The molecule has 0 aromatic rings. The Morgan fingerprint density at radius 1 is 1.14 bits per heavy atom. The topological polar surface area (TPSA) is 82.0 Å². The van der Waals surface area contributed by atoms with Crippen LogP contribution in [0.3, 0.4) is 0 Å². The second kappa shape index (κ2) is 4.56. The Morgan fingerprint density at radius 2 is 1.57 bits per heavy atom. The maximum atomic E-state index is 7.59. The normalized spacial score (nSPS) is 5.14. The summed E-state index contributed by atoms with van der Waals surface area (Å²) >= 11 is 0. The Hall–Kier alpha value is -1.44. The minimum absolute atomic E-state index is 0.708. The Kier molecular flexibility index (Phi) is 3.62. The molecule has 36 valence electrons. The first-order chi connectivity index (χ1) is 3.41. The van der Waals surface area contributed by atoms with E-state index in [1.165, 1.54) is 0 Å². The van der Waals surface area contributed by atoms with Gasteiger partial charge in [-0.15, -0.1) is 9.58 Å². The molecule has 0 aromatic heterocycles. The molecule has 5 heteroatoms. The van der Waals surface area contributed by atoms with Gasteiger partial charge in [0.25, 0.3) is 0 Å². The lowest BCUT2D eigenvalue weighted by Crippen LogP contribution is -1.82. The molecule has 0 spiro atoms. The summed E-state index contributed by atoms with van der Waals surface area (Å²) in [6.45, 7) is 0. The molecule has 0 unspecified atom stereocenters. The minimum atomic E-state index is 0.708. The third-order valence-corrected chi connectivity index (χ3v) is 0.216. The third kappa shape index (κ3) is 4.56. The molecule has 0 aliphatic carbocycles. The van der Waals surface area contributed by atoms with E-state index in [0.29, 0.717) is 12.8 Å². The van der Waals surface area contributed by atoms with Gasteiger partial charge in [0, 0.05) is 0 Å². The van der Waals surface area contributed by atoms with E-state index in [1.54, 1.807) is 0 Å². The first-order valence-electron chi connectivity index (χ1n) is 1.39. The van der Waals surface area contributed by atoms with Gasteiger partial charge in [0.1, 0.15) is 0 Å². The van der Waals surface area contributed by atoms with Gasteiger partial charge >= 0.3 is 12.8 Å². The van der Waals surface area contributed by atoms with Gasteiger partial charge in [0.2, 0.25) is 0 Å². The smallest absolute Gasteiger partial charge is 0.358 e. The van der Waals surface area contributed by atoms with Crippen LogP contribution in [-0.2, 0) is 4.74 Å². The second-order valence-corrected chi connectivity index (χ2v) is 0.578. The standard InChI is InChI=1S/C2H2N4O/c3-5-1-7-2-6-4/h1-2H. The van der Waals surface area contributed by atoms with Crippen molar-refractivity contribution in [2.75, 3.05) is 0 Å². The van der Waals surface area contributed by atoms with Crippen molar-refractivity contribution in [3.8, 4) is 0 Å². The van der Waals surface area contributed by atoms with E-state index >= 15 is 0 Å². The molecule has 0 aromatic carbocycles. The van der Waals surface area contributed by atoms with Crippen LogP contribution in [0.4, 0.5) is 0 Å². The van der Waals surface area contributed by atoms with Crippen molar-refractivity contribution in [1.29, 1.82) is 0 Å². The highest BCUT2D eigenvalue weighted by Crippen LogP contribution is 1.43. The fraction of sp³-hybridized carbons (Fsp3) is 0. The summed E-state index contributed by atoms with van der Waals surface area (Å²) in [5, 5.41) is 0. The Morgan fingerprint density at radius 3 is 1.86 bits per heavy atom. The zero-order valence-corrected chi connectivity index (χ0v) is 3.35. The molecule has 0 N–H and O–H groups in total. The Bertz CT molecular complexity index is 113. The molecule has 5 nitrogen and oxygen atoms in total. The quantitative estimate of drug-likeness (QED) is 0.199. The van der Waals surface area contributed by atoms with Crippen LogP contribution in [0.2, 0.25) is 0 Å². The van der Waals surface area contributed by atoms with Crippen LogP contribution in [0.25, 0.3) is 11.1 Å². The largest absolute Gasteiger partial charge is 0.448 e. The fourth-order valence-electron chi connectivity index (χ4n) is 0.0816. The SMILES string of the molecule is [N-]=[N+]=COC=[N+]=[N-]. The lowest BCUT2D eigenvalue weighted by Gasteiger charge is -1.60. The van der Waals surface area contributed by atoms with Crippen molar-refractivity contribution in [2.24, 2.45) is 0 Å². The molecule has 0 fully saturated rings. The molecule has 0 aliphatic rings. The van der Waals surface area contributed by atoms with E-state index in [4.69, 9.17) is 11.1 Å². The van der Waals surface area contributed by atoms with Crippen LogP contribution in [0.1, 0.15) is 0 Å². The molecular formula is C2H2N4O. The molecular weight excluding hydrogens is 96.0 g/mol. The van der Waals surface area contributed by atoms with E-state index in [2.05, 4.69) is 14.3 Å². The van der Waals surface area contributed by atoms with Crippen LogP contribution in [0.15, 0.2) is 0 Å². The molecule has 0 aliphatic heterocycles. The van der Waals surface area contributed by atoms with Crippen molar-refractivity contribution >= 4 is 12.8 Å². The molecule has 0 amide bonds. The van der Waals surface area contributed by atoms with Crippen molar-refractivity contribution in [1.82, 2.24) is 0 Å². The molecule has 0 atom stereocenters. The number of rotatable bonds is 2. The van der Waals surface area contributed by atoms with Gasteiger partial charge in [-0.05, 0) is 0 Å². The van der Waals surface area contributed by atoms with E-state index in [1.807, 2.05) is 0 Å². The van der Waals surface area contributed by atoms with Gasteiger partial charge in [-0.1, -0.05) is 0 Å². The van der Waals surface area contributed by atoms with Gasteiger partial charge in [0.05, 0.1) is 0 Å². The monoisotopic (exact) mass is 98.0 g/mol.